The third-order valence-electron chi connectivity index (χ3n) is 5.94. The number of carbonyl (C=O) groups is 1. The molecule has 0 spiro atoms. The molecule has 0 amide bonds. The SMILES string of the molecule is COc1cc(NC(C(=O)c2c[nH]c3c(C)c(F)ccc23)c2ccc(Cl)cc2OC)cc(S(C)(=O)=O)c1. The van der Waals surface area contributed by atoms with Gasteiger partial charge in [-0.05, 0) is 43.3 Å². The number of hydrogen-bond acceptors (Lipinski definition) is 6. The number of H-pyrrole nitrogens is 1. The van der Waals surface area contributed by atoms with Gasteiger partial charge in [0.05, 0.1) is 24.6 Å². The number of carbonyl (C=O) groups excluding carboxylic acids is 1. The summed E-state index contributed by atoms with van der Waals surface area (Å²) in [5, 5.41) is 4.12. The van der Waals surface area contributed by atoms with Gasteiger partial charge in [-0.3, -0.25) is 4.79 Å². The van der Waals surface area contributed by atoms with E-state index in [1.54, 1.807) is 37.3 Å². The van der Waals surface area contributed by atoms with E-state index in [0.29, 0.717) is 49.8 Å². The Hall–Kier alpha value is -3.56. The molecule has 1 atom stereocenters. The molecule has 0 saturated heterocycles. The molecule has 0 fully saturated rings. The molecule has 4 aromatic rings. The molecule has 2 N–H and O–H groups in total. The number of rotatable bonds is 8. The van der Waals surface area contributed by atoms with E-state index in [1.165, 1.54) is 38.6 Å². The molecular weight excluding hydrogens is 507 g/mol. The smallest absolute Gasteiger partial charge is 0.191 e. The van der Waals surface area contributed by atoms with Crippen molar-refractivity contribution in [2.75, 3.05) is 25.8 Å². The van der Waals surface area contributed by atoms with Crippen LogP contribution in [0, 0.1) is 12.7 Å². The molecule has 0 aliphatic rings. The molecule has 36 heavy (non-hydrogen) atoms. The van der Waals surface area contributed by atoms with E-state index in [4.69, 9.17) is 21.1 Å². The first-order valence-electron chi connectivity index (χ1n) is 10.8. The molecule has 1 aromatic heterocycles. The van der Waals surface area contributed by atoms with Crippen molar-refractivity contribution in [2.24, 2.45) is 0 Å². The number of hydrogen-bond donors (Lipinski definition) is 2. The van der Waals surface area contributed by atoms with Crippen molar-refractivity contribution >= 4 is 43.8 Å². The summed E-state index contributed by atoms with van der Waals surface area (Å²) < 4.78 is 49.4. The number of Topliss-reactive ketones (excluding diaryl/α,β-unsaturated/α-hetero) is 1. The van der Waals surface area contributed by atoms with Gasteiger partial charge in [-0.1, -0.05) is 17.7 Å². The third kappa shape index (κ3) is 4.89. The molecule has 0 radical (unpaired) electrons. The molecule has 1 heterocycles. The first-order valence-corrected chi connectivity index (χ1v) is 13.1. The van der Waals surface area contributed by atoms with Gasteiger partial charge in [-0.15, -0.1) is 0 Å². The highest BCUT2D eigenvalue weighted by molar-refractivity contribution is 7.90. The molecule has 7 nitrogen and oxygen atoms in total. The number of aromatic amines is 1. The molecule has 0 aliphatic heterocycles. The van der Waals surface area contributed by atoms with Crippen LogP contribution < -0.4 is 14.8 Å². The molecule has 0 aliphatic carbocycles. The number of fused-ring (bicyclic) bond motifs is 1. The van der Waals surface area contributed by atoms with E-state index in [2.05, 4.69) is 10.3 Å². The average molecular weight is 531 g/mol. The Kier molecular flexibility index (Phi) is 6.97. The summed E-state index contributed by atoms with van der Waals surface area (Å²) in [6, 6.07) is 11.1. The Morgan fingerprint density at radius 3 is 2.50 bits per heavy atom. The zero-order valence-corrected chi connectivity index (χ0v) is 21.6. The number of halogens is 2. The quantitative estimate of drug-likeness (QED) is 0.282. The first kappa shape index (κ1) is 25.5. The lowest BCUT2D eigenvalue weighted by Crippen LogP contribution is -2.22. The molecule has 0 saturated carbocycles. The van der Waals surface area contributed by atoms with Crippen molar-refractivity contribution in [1.29, 1.82) is 0 Å². The van der Waals surface area contributed by atoms with Gasteiger partial charge in [0, 0.05) is 51.3 Å². The minimum absolute atomic E-state index is 0.0248. The summed E-state index contributed by atoms with van der Waals surface area (Å²) in [7, 11) is -0.685. The second kappa shape index (κ2) is 9.83. The van der Waals surface area contributed by atoms with Gasteiger partial charge < -0.3 is 19.8 Å². The molecular formula is C26H24ClFN2O5S. The molecule has 3 aromatic carbocycles. The van der Waals surface area contributed by atoms with E-state index in [-0.39, 0.29) is 16.5 Å². The second-order valence-corrected chi connectivity index (χ2v) is 10.7. The first-order chi connectivity index (χ1) is 17.0. The van der Waals surface area contributed by atoms with Gasteiger partial charge in [0.2, 0.25) is 0 Å². The molecule has 1 unspecified atom stereocenters. The van der Waals surface area contributed by atoms with E-state index in [0.717, 1.165) is 6.26 Å². The van der Waals surface area contributed by atoms with Crippen LogP contribution in [-0.2, 0) is 9.84 Å². The van der Waals surface area contributed by atoms with Crippen LogP contribution in [0.3, 0.4) is 0 Å². The molecule has 188 valence electrons. The topological polar surface area (TPSA) is 97.5 Å². The Morgan fingerprint density at radius 2 is 1.83 bits per heavy atom. The fraction of sp³-hybridized carbons (Fsp3) is 0.192. The van der Waals surface area contributed by atoms with Crippen LogP contribution in [0.2, 0.25) is 5.02 Å². The number of aryl methyl sites for hydroxylation is 1. The van der Waals surface area contributed by atoms with Crippen molar-refractivity contribution in [3.8, 4) is 11.5 Å². The maximum atomic E-state index is 14.1. The van der Waals surface area contributed by atoms with Crippen LogP contribution in [0.4, 0.5) is 10.1 Å². The van der Waals surface area contributed by atoms with Gasteiger partial charge in [0.25, 0.3) is 0 Å². The van der Waals surface area contributed by atoms with Gasteiger partial charge in [-0.2, -0.15) is 0 Å². The highest BCUT2D eigenvalue weighted by Gasteiger charge is 2.28. The van der Waals surface area contributed by atoms with E-state index >= 15 is 0 Å². The van der Waals surface area contributed by atoms with Gasteiger partial charge in [-0.25, -0.2) is 12.8 Å². The summed E-state index contributed by atoms with van der Waals surface area (Å²) in [5.74, 6) is -0.0757. The molecule has 0 bridgehead atoms. The van der Waals surface area contributed by atoms with E-state index in [1.807, 2.05) is 0 Å². The van der Waals surface area contributed by atoms with Crippen LogP contribution in [0.5, 0.6) is 11.5 Å². The van der Waals surface area contributed by atoms with Crippen LogP contribution in [0.25, 0.3) is 10.9 Å². The summed E-state index contributed by atoms with van der Waals surface area (Å²) in [6.45, 7) is 1.63. The predicted octanol–water partition coefficient (Wildman–Crippen LogP) is 5.73. The zero-order chi connectivity index (χ0) is 26.2. The molecule has 10 heteroatoms. The van der Waals surface area contributed by atoms with Crippen molar-refractivity contribution in [3.05, 3.63) is 82.3 Å². The summed E-state index contributed by atoms with van der Waals surface area (Å²) in [6.07, 6.45) is 2.62. The second-order valence-electron chi connectivity index (χ2n) is 8.29. The Bertz CT molecular complexity index is 1580. The highest BCUT2D eigenvalue weighted by atomic mass is 35.5. The third-order valence-corrected chi connectivity index (χ3v) is 7.27. The van der Waals surface area contributed by atoms with Gasteiger partial charge in [0.15, 0.2) is 15.6 Å². The van der Waals surface area contributed by atoms with Crippen LogP contribution in [-0.4, -0.2) is 39.7 Å². The van der Waals surface area contributed by atoms with Gasteiger partial charge in [0.1, 0.15) is 23.4 Å². The number of nitrogens with one attached hydrogen (secondary N) is 2. The average Bonchev–Trinajstić information content (AvgIpc) is 3.28. The highest BCUT2D eigenvalue weighted by Crippen LogP contribution is 2.36. The predicted molar refractivity (Wildman–Crippen MR) is 138 cm³/mol. The lowest BCUT2D eigenvalue weighted by Gasteiger charge is -2.22. The fourth-order valence-electron chi connectivity index (χ4n) is 4.04. The Balaban J connectivity index is 1.89. The monoisotopic (exact) mass is 530 g/mol. The summed E-state index contributed by atoms with van der Waals surface area (Å²) in [5.41, 5.74) is 2.05. The van der Waals surface area contributed by atoms with Crippen molar-refractivity contribution < 1.29 is 27.1 Å². The maximum Gasteiger partial charge on any atom is 0.191 e. The number of ketones is 1. The number of anilines is 1. The number of methoxy groups -OCH3 is 2. The number of sulfone groups is 1. The van der Waals surface area contributed by atoms with Crippen molar-refractivity contribution in [1.82, 2.24) is 4.98 Å². The van der Waals surface area contributed by atoms with Crippen molar-refractivity contribution in [3.63, 3.8) is 0 Å². The minimum atomic E-state index is -3.57. The summed E-state index contributed by atoms with van der Waals surface area (Å²) in [4.78, 5) is 17.0. The van der Waals surface area contributed by atoms with Crippen LogP contribution in [0.1, 0.15) is 27.5 Å². The Labute approximate surface area is 213 Å². The van der Waals surface area contributed by atoms with E-state index in [9.17, 15) is 17.6 Å². The number of aromatic nitrogens is 1. The molecule has 4 rings (SSSR count). The largest absolute Gasteiger partial charge is 0.497 e. The standard InChI is InChI=1S/C26H24ClFN2O5S/c1-14-22(28)8-7-19-21(13-29-24(14)19)26(31)25(20-6-5-15(27)9-23(20)35-3)30-16-10-17(34-2)12-18(11-16)36(4,32)33/h5-13,25,29-30H,1-4H3. The van der Waals surface area contributed by atoms with E-state index < -0.39 is 15.9 Å². The zero-order valence-electron chi connectivity index (χ0n) is 20.0. The van der Waals surface area contributed by atoms with Crippen LogP contribution in [0.15, 0.2) is 59.6 Å². The fourth-order valence-corrected chi connectivity index (χ4v) is 4.87. The van der Waals surface area contributed by atoms with Gasteiger partial charge >= 0.3 is 0 Å². The minimum Gasteiger partial charge on any atom is -0.497 e. The lowest BCUT2D eigenvalue weighted by atomic mass is 9.95. The summed E-state index contributed by atoms with van der Waals surface area (Å²) >= 11 is 6.15. The lowest BCUT2D eigenvalue weighted by molar-refractivity contribution is 0.0970. The maximum absolute atomic E-state index is 14.1. The van der Waals surface area contributed by atoms with Crippen LogP contribution >= 0.6 is 11.6 Å². The Morgan fingerprint density at radius 1 is 1.08 bits per heavy atom. The normalized spacial score (nSPS) is 12.4. The number of benzene rings is 3. The van der Waals surface area contributed by atoms with Crippen molar-refractivity contribution in [2.45, 2.75) is 17.9 Å². The number of ether oxygens (including phenoxy) is 2.